The molecule has 5 heteroatoms. The standard InChI is InChI=1S/C18H21NO4/c1-3-23-15(20)10-9-14-13-8-4-6-12-7-5-11-19(16(12)13)17(14)18(21)22-2/h4,6,8H,3,5,7,9-11H2,1-2H3. The smallest absolute Gasteiger partial charge is 0.354 e. The Morgan fingerprint density at radius 2 is 2.13 bits per heavy atom. The number of aryl methyl sites for hydroxylation is 3. The molecule has 0 amide bonds. The summed E-state index contributed by atoms with van der Waals surface area (Å²) in [7, 11) is 1.39. The van der Waals surface area contributed by atoms with E-state index in [0.717, 1.165) is 35.9 Å². The Kier molecular flexibility index (Phi) is 4.37. The number of hydrogen-bond acceptors (Lipinski definition) is 4. The van der Waals surface area contributed by atoms with Crippen LogP contribution in [0.2, 0.25) is 0 Å². The normalized spacial score (nSPS) is 13.1. The average Bonchev–Trinajstić information content (AvgIpc) is 2.89. The summed E-state index contributed by atoms with van der Waals surface area (Å²) in [4.78, 5) is 24.0. The van der Waals surface area contributed by atoms with Crippen molar-refractivity contribution < 1.29 is 19.1 Å². The number of para-hydroxylation sites is 1. The van der Waals surface area contributed by atoms with Gasteiger partial charge >= 0.3 is 11.9 Å². The Bertz CT molecular complexity index is 760. The van der Waals surface area contributed by atoms with Crippen molar-refractivity contribution in [2.24, 2.45) is 0 Å². The lowest BCUT2D eigenvalue weighted by Gasteiger charge is -2.17. The predicted molar refractivity (Wildman–Crippen MR) is 86.6 cm³/mol. The maximum atomic E-state index is 12.3. The van der Waals surface area contributed by atoms with Gasteiger partial charge in [-0.3, -0.25) is 4.79 Å². The number of nitrogens with zero attached hydrogens (tertiary/aromatic N) is 1. The molecule has 0 N–H and O–H groups in total. The Morgan fingerprint density at radius 1 is 1.30 bits per heavy atom. The van der Waals surface area contributed by atoms with E-state index in [9.17, 15) is 9.59 Å². The van der Waals surface area contributed by atoms with Gasteiger partial charge in [-0.15, -0.1) is 0 Å². The van der Waals surface area contributed by atoms with Gasteiger partial charge in [0.25, 0.3) is 0 Å². The number of carbonyl (C=O) groups is 2. The van der Waals surface area contributed by atoms with E-state index in [-0.39, 0.29) is 18.4 Å². The van der Waals surface area contributed by atoms with Crippen LogP contribution in [0.4, 0.5) is 0 Å². The van der Waals surface area contributed by atoms with Crippen LogP contribution in [0, 0.1) is 0 Å². The zero-order valence-electron chi connectivity index (χ0n) is 13.6. The molecule has 2 heterocycles. The quantitative estimate of drug-likeness (QED) is 0.796. The van der Waals surface area contributed by atoms with Crippen LogP contribution in [0.5, 0.6) is 0 Å². The first kappa shape index (κ1) is 15.6. The van der Waals surface area contributed by atoms with Gasteiger partial charge in [0.15, 0.2) is 0 Å². The molecule has 0 atom stereocenters. The molecular weight excluding hydrogens is 294 g/mol. The van der Waals surface area contributed by atoms with Gasteiger partial charge in [-0.2, -0.15) is 0 Å². The molecule has 1 aromatic heterocycles. The third-order valence-corrected chi connectivity index (χ3v) is 4.36. The zero-order valence-corrected chi connectivity index (χ0v) is 13.6. The minimum Gasteiger partial charge on any atom is -0.466 e. The molecule has 3 rings (SSSR count). The summed E-state index contributed by atoms with van der Waals surface area (Å²) in [5, 5.41) is 1.05. The summed E-state index contributed by atoms with van der Waals surface area (Å²) in [5.74, 6) is -0.580. The molecule has 23 heavy (non-hydrogen) atoms. The molecular formula is C18H21NO4. The molecule has 2 aromatic rings. The minimum absolute atomic E-state index is 0.241. The monoisotopic (exact) mass is 315 g/mol. The fourth-order valence-electron chi connectivity index (χ4n) is 3.45. The van der Waals surface area contributed by atoms with Crippen molar-refractivity contribution in [1.82, 2.24) is 4.57 Å². The van der Waals surface area contributed by atoms with Gasteiger partial charge in [0.1, 0.15) is 5.69 Å². The van der Waals surface area contributed by atoms with Crippen molar-refractivity contribution in [1.29, 1.82) is 0 Å². The molecule has 0 saturated heterocycles. The summed E-state index contributed by atoms with van der Waals surface area (Å²) in [6.07, 6.45) is 2.76. The largest absolute Gasteiger partial charge is 0.466 e. The number of esters is 2. The summed E-state index contributed by atoms with van der Waals surface area (Å²) in [6.45, 7) is 2.96. The van der Waals surface area contributed by atoms with Crippen LogP contribution < -0.4 is 0 Å². The van der Waals surface area contributed by atoms with Crippen molar-refractivity contribution in [3.05, 3.63) is 35.0 Å². The summed E-state index contributed by atoms with van der Waals surface area (Å²) >= 11 is 0. The molecule has 0 unspecified atom stereocenters. The van der Waals surface area contributed by atoms with E-state index in [1.54, 1.807) is 6.92 Å². The highest BCUT2D eigenvalue weighted by molar-refractivity contribution is 6.00. The molecule has 0 aliphatic carbocycles. The molecule has 1 aliphatic rings. The van der Waals surface area contributed by atoms with Crippen molar-refractivity contribution in [3.63, 3.8) is 0 Å². The number of hydrogen-bond donors (Lipinski definition) is 0. The van der Waals surface area contributed by atoms with Crippen molar-refractivity contribution >= 4 is 22.8 Å². The van der Waals surface area contributed by atoms with Crippen molar-refractivity contribution in [2.45, 2.75) is 39.2 Å². The molecule has 0 spiro atoms. The van der Waals surface area contributed by atoms with Gasteiger partial charge in [-0.1, -0.05) is 18.2 Å². The second-order valence-electron chi connectivity index (χ2n) is 5.69. The number of benzene rings is 1. The predicted octanol–water partition coefficient (Wildman–Crippen LogP) is 2.87. The number of rotatable bonds is 5. The van der Waals surface area contributed by atoms with Crippen LogP contribution in [0.3, 0.4) is 0 Å². The van der Waals surface area contributed by atoms with Crippen LogP contribution in [-0.2, 0) is 33.7 Å². The molecule has 0 bridgehead atoms. The number of carbonyl (C=O) groups excluding carboxylic acids is 2. The molecule has 0 radical (unpaired) electrons. The molecule has 122 valence electrons. The zero-order chi connectivity index (χ0) is 16.4. The van der Waals surface area contributed by atoms with E-state index < -0.39 is 0 Å². The van der Waals surface area contributed by atoms with Gasteiger partial charge in [0.2, 0.25) is 0 Å². The topological polar surface area (TPSA) is 57.5 Å². The van der Waals surface area contributed by atoms with Crippen molar-refractivity contribution in [2.75, 3.05) is 13.7 Å². The first-order valence-corrected chi connectivity index (χ1v) is 8.04. The van der Waals surface area contributed by atoms with Gasteiger partial charge in [0, 0.05) is 18.4 Å². The highest BCUT2D eigenvalue weighted by Gasteiger charge is 2.26. The maximum absolute atomic E-state index is 12.3. The van der Waals surface area contributed by atoms with Crippen LogP contribution in [0.15, 0.2) is 18.2 Å². The van der Waals surface area contributed by atoms with Crippen LogP contribution in [-0.4, -0.2) is 30.2 Å². The minimum atomic E-state index is -0.340. The van der Waals surface area contributed by atoms with E-state index in [2.05, 4.69) is 10.6 Å². The summed E-state index contributed by atoms with van der Waals surface area (Å²) < 4.78 is 12.1. The van der Waals surface area contributed by atoms with Gasteiger partial charge in [-0.05, 0) is 37.3 Å². The third-order valence-electron chi connectivity index (χ3n) is 4.36. The summed E-state index contributed by atoms with van der Waals surface area (Å²) in [6, 6.07) is 6.14. The van der Waals surface area contributed by atoms with Crippen LogP contribution >= 0.6 is 0 Å². The van der Waals surface area contributed by atoms with E-state index >= 15 is 0 Å². The second-order valence-corrected chi connectivity index (χ2v) is 5.69. The van der Waals surface area contributed by atoms with E-state index in [0.29, 0.717) is 18.7 Å². The van der Waals surface area contributed by atoms with E-state index in [1.807, 2.05) is 12.1 Å². The lowest BCUT2D eigenvalue weighted by Crippen LogP contribution is -2.16. The average molecular weight is 315 g/mol. The number of ether oxygens (including phenoxy) is 2. The van der Waals surface area contributed by atoms with Crippen molar-refractivity contribution in [3.8, 4) is 0 Å². The molecule has 0 saturated carbocycles. The lowest BCUT2D eigenvalue weighted by molar-refractivity contribution is -0.143. The third kappa shape index (κ3) is 2.71. The van der Waals surface area contributed by atoms with Crippen LogP contribution in [0.25, 0.3) is 10.9 Å². The van der Waals surface area contributed by atoms with Gasteiger partial charge in [0.05, 0.1) is 19.2 Å². The molecule has 1 aliphatic heterocycles. The highest BCUT2D eigenvalue weighted by Crippen LogP contribution is 2.34. The van der Waals surface area contributed by atoms with E-state index in [1.165, 1.54) is 12.7 Å². The van der Waals surface area contributed by atoms with E-state index in [4.69, 9.17) is 9.47 Å². The van der Waals surface area contributed by atoms with Crippen LogP contribution in [0.1, 0.15) is 41.4 Å². The first-order valence-electron chi connectivity index (χ1n) is 8.04. The molecule has 0 fully saturated rings. The number of methoxy groups -OCH3 is 1. The highest BCUT2D eigenvalue weighted by atomic mass is 16.5. The maximum Gasteiger partial charge on any atom is 0.354 e. The Labute approximate surface area is 135 Å². The van der Waals surface area contributed by atoms with Gasteiger partial charge in [-0.25, -0.2) is 4.79 Å². The second kappa shape index (κ2) is 6.44. The Balaban J connectivity index is 2.09. The van der Waals surface area contributed by atoms with Gasteiger partial charge < -0.3 is 14.0 Å². The number of aromatic nitrogens is 1. The summed E-state index contributed by atoms with van der Waals surface area (Å²) in [5.41, 5.74) is 3.84. The Morgan fingerprint density at radius 3 is 2.87 bits per heavy atom. The molecule has 1 aromatic carbocycles. The fourth-order valence-corrected chi connectivity index (χ4v) is 3.45. The molecule has 5 nitrogen and oxygen atoms in total. The SMILES string of the molecule is CCOC(=O)CCc1c(C(=O)OC)n2c3c(cccc13)CCC2. The lowest BCUT2D eigenvalue weighted by atomic mass is 10.0. The fraction of sp³-hybridized carbons (Fsp3) is 0.444. The Hall–Kier alpha value is -2.30. The first-order chi connectivity index (χ1) is 11.2.